The lowest BCUT2D eigenvalue weighted by atomic mass is 10.0. The topological polar surface area (TPSA) is 93.7 Å². The third-order valence-electron chi connectivity index (χ3n) is 6.40. The molecule has 0 spiro atoms. The Balaban J connectivity index is 1.25. The average Bonchev–Trinajstić information content (AvgIpc) is 3.38. The maximum absolute atomic E-state index is 12.9. The number of carbonyl (C=O) groups is 2. The summed E-state index contributed by atoms with van der Waals surface area (Å²) < 4.78 is 12.4. The number of hydrogen-bond acceptors (Lipinski definition) is 8. The lowest BCUT2D eigenvalue weighted by molar-refractivity contribution is -0.118. The summed E-state index contributed by atoms with van der Waals surface area (Å²) in [6.45, 7) is 4.14. The molecular formula is C30H30N4O4S. The summed E-state index contributed by atoms with van der Waals surface area (Å²) in [5, 5.41) is 3.37. The molecule has 200 valence electrons. The van der Waals surface area contributed by atoms with E-state index in [1.807, 2.05) is 42.5 Å². The molecule has 8 nitrogen and oxygen atoms in total. The molecule has 2 aromatic heterocycles. The molecule has 0 atom stereocenters. The van der Waals surface area contributed by atoms with E-state index in [1.165, 1.54) is 11.3 Å². The lowest BCUT2D eigenvalue weighted by Gasteiger charge is -2.26. The second-order valence-electron chi connectivity index (χ2n) is 9.18. The van der Waals surface area contributed by atoms with Crippen LogP contribution < -0.4 is 10.1 Å². The Labute approximate surface area is 231 Å². The highest BCUT2D eigenvalue weighted by Gasteiger charge is 2.14. The number of pyridine rings is 1. The van der Waals surface area contributed by atoms with E-state index in [2.05, 4.69) is 20.2 Å². The van der Waals surface area contributed by atoms with E-state index >= 15 is 0 Å². The lowest BCUT2D eigenvalue weighted by Crippen LogP contribution is -2.36. The molecule has 5 rings (SSSR count). The number of nitrogens with zero attached hydrogens (tertiary/aromatic N) is 3. The van der Waals surface area contributed by atoms with Crippen molar-refractivity contribution in [3.05, 3.63) is 89.8 Å². The Morgan fingerprint density at radius 3 is 2.72 bits per heavy atom. The molecule has 0 saturated carbocycles. The van der Waals surface area contributed by atoms with Crippen LogP contribution in [0.15, 0.2) is 73.1 Å². The zero-order chi connectivity index (χ0) is 26.9. The number of anilines is 1. The minimum atomic E-state index is -0.284. The maximum atomic E-state index is 12.9. The first-order valence-electron chi connectivity index (χ1n) is 13.0. The van der Waals surface area contributed by atoms with E-state index in [0.717, 1.165) is 67.0 Å². The highest BCUT2D eigenvalue weighted by Crippen LogP contribution is 2.26. The first kappa shape index (κ1) is 26.7. The van der Waals surface area contributed by atoms with Crippen molar-refractivity contribution < 1.29 is 19.1 Å². The quantitative estimate of drug-likeness (QED) is 0.213. The third-order valence-corrected chi connectivity index (χ3v) is 7.35. The van der Waals surface area contributed by atoms with Crippen molar-refractivity contribution in [1.29, 1.82) is 0 Å². The fourth-order valence-electron chi connectivity index (χ4n) is 4.35. The minimum Gasteiger partial charge on any atom is -0.483 e. The number of ketones is 1. The van der Waals surface area contributed by atoms with Crippen LogP contribution in [0.25, 0.3) is 16.3 Å². The van der Waals surface area contributed by atoms with Gasteiger partial charge in [-0.1, -0.05) is 29.5 Å². The molecule has 1 fully saturated rings. The zero-order valence-electron chi connectivity index (χ0n) is 21.5. The minimum absolute atomic E-state index is 0.0960. The summed E-state index contributed by atoms with van der Waals surface area (Å²) in [6.07, 6.45) is 8.35. The van der Waals surface area contributed by atoms with Crippen LogP contribution in [0.1, 0.15) is 27.9 Å². The van der Waals surface area contributed by atoms with Gasteiger partial charge in [-0.3, -0.25) is 24.8 Å². The largest absolute Gasteiger partial charge is 0.483 e. The van der Waals surface area contributed by atoms with E-state index < -0.39 is 0 Å². The average molecular weight is 543 g/mol. The van der Waals surface area contributed by atoms with Crippen LogP contribution >= 0.6 is 11.3 Å². The smallest absolute Gasteiger partial charge is 0.264 e. The van der Waals surface area contributed by atoms with Crippen molar-refractivity contribution in [3.63, 3.8) is 0 Å². The normalized spacial score (nSPS) is 14.1. The Morgan fingerprint density at radius 2 is 1.90 bits per heavy atom. The monoisotopic (exact) mass is 542 g/mol. The van der Waals surface area contributed by atoms with Gasteiger partial charge in [0, 0.05) is 31.0 Å². The van der Waals surface area contributed by atoms with Gasteiger partial charge in [0.15, 0.2) is 17.5 Å². The molecule has 9 heteroatoms. The molecule has 2 aromatic carbocycles. The van der Waals surface area contributed by atoms with Gasteiger partial charge in [-0.25, -0.2) is 4.98 Å². The summed E-state index contributed by atoms with van der Waals surface area (Å²) in [4.78, 5) is 36.4. The van der Waals surface area contributed by atoms with Crippen LogP contribution in [-0.2, 0) is 16.0 Å². The van der Waals surface area contributed by atoms with E-state index in [4.69, 9.17) is 9.47 Å². The third kappa shape index (κ3) is 7.57. The summed E-state index contributed by atoms with van der Waals surface area (Å²) in [5.74, 6) is 0.223. The number of rotatable bonds is 11. The number of para-hydroxylation sites is 1. The fourth-order valence-corrected chi connectivity index (χ4v) is 5.24. The highest BCUT2D eigenvalue weighted by molar-refractivity contribution is 7.22. The predicted octanol–water partition coefficient (Wildman–Crippen LogP) is 4.87. The summed E-state index contributed by atoms with van der Waals surface area (Å²) in [7, 11) is 0. The van der Waals surface area contributed by atoms with Crippen LogP contribution in [0.3, 0.4) is 0 Å². The molecule has 0 aliphatic carbocycles. The molecule has 39 heavy (non-hydrogen) atoms. The molecule has 0 radical (unpaired) electrons. The van der Waals surface area contributed by atoms with Gasteiger partial charge in [0.2, 0.25) is 0 Å². The number of ether oxygens (including phenoxy) is 2. The predicted molar refractivity (Wildman–Crippen MR) is 153 cm³/mol. The summed E-state index contributed by atoms with van der Waals surface area (Å²) in [6, 6.07) is 16.8. The van der Waals surface area contributed by atoms with Crippen LogP contribution in [0.5, 0.6) is 5.75 Å². The molecular weight excluding hydrogens is 512 g/mol. The number of morpholine rings is 1. The van der Waals surface area contributed by atoms with Crippen LogP contribution in [0, 0.1) is 0 Å². The Bertz CT molecular complexity index is 1410. The number of aryl methyl sites for hydroxylation is 1. The number of benzene rings is 2. The number of amides is 1. The molecule has 3 heterocycles. The number of hydrogen-bond donors (Lipinski definition) is 1. The second-order valence-corrected chi connectivity index (χ2v) is 10.2. The van der Waals surface area contributed by atoms with Crippen LogP contribution in [0.4, 0.5) is 5.13 Å². The van der Waals surface area contributed by atoms with Gasteiger partial charge in [0.05, 0.1) is 23.4 Å². The van der Waals surface area contributed by atoms with Crippen molar-refractivity contribution in [1.82, 2.24) is 14.9 Å². The van der Waals surface area contributed by atoms with Gasteiger partial charge in [0.1, 0.15) is 5.75 Å². The Hall–Kier alpha value is -3.92. The van der Waals surface area contributed by atoms with E-state index in [-0.39, 0.29) is 18.3 Å². The van der Waals surface area contributed by atoms with E-state index in [0.29, 0.717) is 16.4 Å². The summed E-state index contributed by atoms with van der Waals surface area (Å²) >= 11 is 1.42. The van der Waals surface area contributed by atoms with Gasteiger partial charge < -0.3 is 9.47 Å². The van der Waals surface area contributed by atoms with Crippen molar-refractivity contribution >= 4 is 44.5 Å². The number of carbonyl (C=O) groups excluding carboxylic acids is 2. The molecule has 0 bridgehead atoms. The number of nitrogens with one attached hydrogen (secondary N) is 1. The molecule has 1 amide bonds. The number of fused-ring (bicyclic) bond motifs is 1. The standard InChI is InChI=1S/C30H30N4O4S/c35-26(9-7-22-11-13-31-14-12-22)23-8-10-27(24(20-23)4-3-15-34-16-18-37-19-17-34)38-21-29(36)33-30-32-25-5-1-2-6-28(25)39-30/h1-2,5-14,20H,3-4,15-19,21H2,(H,32,33,36). The number of thiazole rings is 1. The SMILES string of the molecule is O=C(COc1ccc(C(=O)C=Cc2ccncc2)cc1CCCN1CCOCC1)Nc1nc2ccccc2s1. The van der Waals surface area contributed by atoms with Gasteiger partial charge in [-0.2, -0.15) is 0 Å². The van der Waals surface area contributed by atoms with Gasteiger partial charge in [-0.15, -0.1) is 0 Å². The molecule has 1 N–H and O–H groups in total. The Morgan fingerprint density at radius 1 is 1.08 bits per heavy atom. The summed E-state index contributed by atoms with van der Waals surface area (Å²) in [5.41, 5.74) is 3.23. The zero-order valence-corrected chi connectivity index (χ0v) is 22.4. The maximum Gasteiger partial charge on any atom is 0.264 e. The first-order valence-corrected chi connectivity index (χ1v) is 13.8. The highest BCUT2D eigenvalue weighted by atomic mass is 32.1. The van der Waals surface area contributed by atoms with Crippen molar-refractivity contribution in [2.45, 2.75) is 12.8 Å². The molecule has 0 unspecified atom stereocenters. The molecule has 1 saturated heterocycles. The van der Waals surface area contributed by atoms with E-state index in [9.17, 15) is 9.59 Å². The number of aromatic nitrogens is 2. The van der Waals surface area contributed by atoms with Crippen LogP contribution in [-0.4, -0.2) is 66.0 Å². The fraction of sp³-hybridized carbons (Fsp3) is 0.267. The van der Waals surface area contributed by atoms with Crippen molar-refractivity contribution in [3.8, 4) is 5.75 Å². The van der Waals surface area contributed by atoms with Gasteiger partial charge in [0.25, 0.3) is 5.91 Å². The number of allylic oxidation sites excluding steroid dienone is 1. The molecule has 1 aliphatic rings. The van der Waals surface area contributed by atoms with Crippen molar-refractivity contribution in [2.24, 2.45) is 0 Å². The molecule has 1 aliphatic heterocycles. The van der Waals surface area contributed by atoms with E-state index in [1.54, 1.807) is 36.7 Å². The molecule has 4 aromatic rings. The Kier molecular flexibility index (Phi) is 9.05. The van der Waals surface area contributed by atoms with Gasteiger partial charge >= 0.3 is 0 Å². The second kappa shape index (κ2) is 13.2. The van der Waals surface area contributed by atoms with Crippen molar-refractivity contribution in [2.75, 3.05) is 44.8 Å². The van der Waals surface area contributed by atoms with Gasteiger partial charge in [-0.05, 0) is 79.1 Å². The van der Waals surface area contributed by atoms with Crippen LogP contribution in [0.2, 0.25) is 0 Å². The first-order chi connectivity index (χ1) is 19.1.